The molecule has 0 aromatic carbocycles. The molecule has 0 aromatic heterocycles. The minimum Gasteiger partial charge on any atom is -0.459 e. The molecule has 0 unspecified atom stereocenters. The van der Waals surface area contributed by atoms with E-state index in [0.717, 1.165) is 6.42 Å². The largest absolute Gasteiger partial charge is 0.459 e. The average Bonchev–Trinajstić information content (AvgIpc) is 2.69. The average molecular weight is 572 g/mol. The number of rotatable bonds is 14. The van der Waals surface area contributed by atoms with Gasteiger partial charge in [-0.2, -0.15) is 0 Å². The number of nitrogens with zero attached hydrogens (tertiary/aromatic N) is 2. The van der Waals surface area contributed by atoms with E-state index in [-0.39, 0.29) is 23.3 Å². The lowest BCUT2D eigenvalue weighted by molar-refractivity contribution is -0.162. The van der Waals surface area contributed by atoms with E-state index < -0.39 is 34.9 Å². The van der Waals surface area contributed by atoms with Gasteiger partial charge in [-0.1, -0.05) is 20.8 Å². The molecule has 9 heteroatoms. The molecule has 0 aromatic rings. The summed E-state index contributed by atoms with van der Waals surface area (Å²) in [6, 6.07) is -1.49. The van der Waals surface area contributed by atoms with E-state index in [1.807, 2.05) is 86.2 Å². The van der Waals surface area contributed by atoms with Crippen LogP contribution in [0.1, 0.15) is 109 Å². The van der Waals surface area contributed by atoms with E-state index in [0.29, 0.717) is 32.4 Å². The lowest BCUT2D eigenvalue weighted by Gasteiger charge is -2.34. The molecule has 0 spiro atoms. The number of carbonyl (C=O) groups excluding carboxylic acids is 3. The maximum Gasteiger partial charge on any atom is 0.323 e. The van der Waals surface area contributed by atoms with E-state index in [1.54, 1.807) is 7.05 Å². The van der Waals surface area contributed by atoms with E-state index in [2.05, 4.69) is 26.1 Å². The van der Waals surface area contributed by atoms with Gasteiger partial charge in [-0.05, 0) is 115 Å². The van der Waals surface area contributed by atoms with Gasteiger partial charge in [0.05, 0.1) is 0 Å². The maximum absolute atomic E-state index is 13.3. The Morgan fingerprint density at radius 2 is 0.950 bits per heavy atom. The minimum atomic E-state index is -0.641. The Kier molecular flexibility index (Phi) is 14.8. The molecule has 0 aliphatic carbocycles. The van der Waals surface area contributed by atoms with Crippen molar-refractivity contribution in [3.8, 4) is 0 Å². The molecule has 0 rings (SSSR count). The number of carbonyl (C=O) groups is 3. The number of esters is 3. The van der Waals surface area contributed by atoms with Crippen molar-refractivity contribution < 1.29 is 28.6 Å². The van der Waals surface area contributed by atoms with Crippen molar-refractivity contribution in [2.75, 3.05) is 34.2 Å². The fraction of sp³-hybridized carbons (Fsp3) is 0.903. The summed E-state index contributed by atoms with van der Waals surface area (Å²) in [6.45, 7) is 24.1. The summed E-state index contributed by atoms with van der Waals surface area (Å²) in [5.41, 5.74) is -1.75. The SMILES string of the molecule is CN[C@@H](CCN(C)[C@@H](CCN(C)[C@@H](CCC(C)(C)C)C(=O)OC(C)(C)C)C(=O)OC(C)(C)C)C(=O)OC(C)(C)C. The summed E-state index contributed by atoms with van der Waals surface area (Å²) < 4.78 is 17.1. The fourth-order valence-corrected chi connectivity index (χ4v) is 4.07. The first-order chi connectivity index (χ1) is 17.8. The van der Waals surface area contributed by atoms with Crippen molar-refractivity contribution in [1.29, 1.82) is 0 Å². The predicted molar refractivity (Wildman–Crippen MR) is 161 cm³/mol. The van der Waals surface area contributed by atoms with Crippen molar-refractivity contribution in [3.05, 3.63) is 0 Å². The molecule has 0 amide bonds. The van der Waals surface area contributed by atoms with Crippen LogP contribution in [0.4, 0.5) is 0 Å². The van der Waals surface area contributed by atoms with Gasteiger partial charge >= 0.3 is 17.9 Å². The van der Waals surface area contributed by atoms with Crippen molar-refractivity contribution >= 4 is 17.9 Å². The van der Waals surface area contributed by atoms with Gasteiger partial charge in [0.2, 0.25) is 0 Å². The summed E-state index contributed by atoms with van der Waals surface area (Å²) in [5, 5.41) is 3.03. The van der Waals surface area contributed by atoms with Gasteiger partial charge in [0.1, 0.15) is 34.9 Å². The molecule has 0 saturated carbocycles. The van der Waals surface area contributed by atoms with Crippen LogP contribution < -0.4 is 5.32 Å². The van der Waals surface area contributed by atoms with Gasteiger partial charge in [0.15, 0.2) is 0 Å². The van der Waals surface area contributed by atoms with Gasteiger partial charge in [-0.15, -0.1) is 0 Å². The van der Waals surface area contributed by atoms with Crippen LogP contribution in [0, 0.1) is 5.41 Å². The third-order valence-corrected chi connectivity index (χ3v) is 6.16. The first kappa shape index (κ1) is 38.3. The third-order valence-electron chi connectivity index (χ3n) is 6.16. The molecule has 0 heterocycles. The standard InChI is InChI=1S/C31H61N3O6/c1-28(2,3)19-16-23(26(36)39-30(7,8)9)34(15)21-18-24(27(37)40-31(10,11)12)33(14)20-17-22(32-13)25(35)38-29(4,5)6/h22-24,32H,16-21H2,1-15H3/t22-,23-,24-/m0/s1. The Hall–Kier alpha value is -1.71. The maximum atomic E-state index is 13.3. The highest BCUT2D eigenvalue weighted by molar-refractivity contribution is 5.77. The molecule has 3 atom stereocenters. The Labute approximate surface area is 245 Å². The molecule has 0 radical (unpaired) electrons. The van der Waals surface area contributed by atoms with Crippen LogP contribution in [0.15, 0.2) is 0 Å². The zero-order valence-corrected chi connectivity index (χ0v) is 28.3. The van der Waals surface area contributed by atoms with Crippen molar-refractivity contribution in [2.45, 2.75) is 144 Å². The molecular formula is C31H61N3O6. The lowest BCUT2D eigenvalue weighted by Crippen LogP contribution is -2.48. The summed E-state index contributed by atoms with van der Waals surface area (Å²) in [7, 11) is 5.49. The lowest BCUT2D eigenvalue weighted by atomic mass is 9.88. The second kappa shape index (κ2) is 15.5. The summed E-state index contributed by atoms with van der Waals surface area (Å²) >= 11 is 0. The van der Waals surface area contributed by atoms with Crippen LogP contribution in [0.2, 0.25) is 0 Å². The first-order valence-electron chi connectivity index (χ1n) is 14.6. The van der Waals surface area contributed by atoms with Gasteiger partial charge in [-0.3, -0.25) is 24.2 Å². The van der Waals surface area contributed by atoms with E-state index >= 15 is 0 Å². The van der Waals surface area contributed by atoms with Gasteiger partial charge < -0.3 is 19.5 Å². The van der Waals surface area contributed by atoms with E-state index in [4.69, 9.17) is 14.2 Å². The minimum absolute atomic E-state index is 0.0678. The number of hydrogen-bond donors (Lipinski definition) is 1. The molecular weight excluding hydrogens is 510 g/mol. The highest BCUT2D eigenvalue weighted by Gasteiger charge is 2.33. The first-order valence-corrected chi connectivity index (χ1v) is 14.6. The van der Waals surface area contributed by atoms with Crippen molar-refractivity contribution in [2.24, 2.45) is 5.41 Å². The Morgan fingerprint density at radius 3 is 1.30 bits per heavy atom. The molecule has 9 nitrogen and oxygen atoms in total. The Balaban J connectivity index is 5.73. The second-order valence-electron chi connectivity index (χ2n) is 15.1. The monoisotopic (exact) mass is 571 g/mol. The number of likely N-dealkylation sites (N-methyl/N-ethyl adjacent to an activating group) is 3. The topological polar surface area (TPSA) is 97.4 Å². The highest BCUT2D eigenvalue weighted by Crippen LogP contribution is 2.25. The van der Waals surface area contributed by atoms with Crippen LogP contribution in [-0.2, 0) is 28.6 Å². The van der Waals surface area contributed by atoms with E-state index in [9.17, 15) is 14.4 Å². The Morgan fingerprint density at radius 1 is 0.600 bits per heavy atom. The van der Waals surface area contributed by atoms with Crippen molar-refractivity contribution in [3.63, 3.8) is 0 Å². The summed E-state index contributed by atoms with van der Waals surface area (Å²) in [5.74, 6) is -0.906. The molecule has 0 aliphatic heterocycles. The third kappa shape index (κ3) is 17.2. The molecule has 0 bridgehead atoms. The molecule has 0 aliphatic rings. The van der Waals surface area contributed by atoms with Crippen LogP contribution in [0.3, 0.4) is 0 Å². The molecule has 236 valence electrons. The smallest absolute Gasteiger partial charge is 0.323 e. The summed E-state index contributed by atoms with van der Waals surface area (Å²) in [4.78, 5) is 43.0. The van der Waals surface area contributed by atoms with Crippen LogP contribution in [0.5, 0.6) is 0 Å². The zero-order valence-electron chi connectivity index (χ0n) is 28.3. The fourth-order valence-electron chi connectivity index (χ4n) is 4.07. The molecule has 0 saturated heterocycles. The molecule has 0 fully saturated rings. The quantitative estimate of drug-likeness (QED) is 0.233. The zero-order chi connectivity index (χ0) is 31.7. The van der Waals surface area contributed by atoms with E-state index in [1.165, 1.54) is 0 Å². The molecule has 1 N–H and O–H groups in total. The Bertz CT molecular complexity index is 802. The summed E-state index contributed by atoms with van der Waals surface area (Å²) in [6.07, 6.45) is 2.42. The number of nitrogens with one attached hydrogen (secondary N) is 1. The van der Waals surface area contributed by atoms with Crippen LogP contribution >= 0.6 is 0 Å². The van der Waals surface area contributed by atoms with Gasteiger partial charge in [0.25, 0.3) is 0 Å². The van der Waals surface area contributed by atoms with Gasteiger partial charge in [0, 0.05) is 13.1 Å². The number of ether oxygens (including phenoxy) is 3. The predicted octanol–water partition coefficient (Wildman–Crippen LogP) is 4.81. The van der Waals surface area contributed by atoms with Gasteiger partial charge in [-0.25, -0.2) is 0 Å². The highest BCUT2D eigenvalue weighted by atomic mass is 16.6. The van der Waals surface area contributed by atoms with Crippen molar-refractivity contribution in [1.82, 2.24) is 15.1 Å². The van der Waals surface area contributed by atoms with Crippen LogP contribution in [-0.4, -0.2) is 96.9 Å². The normalized spacial score (nSPS) is 15.5. The second-order valence-corrected chi connectivity index (χ2v) is 15.1. The molecule has 40 heavy (non-hydrogen) atoms. The van der Waals surface area contributed by atoms with Crippen LogP contribution in [0.25, 0.3) is 0 Å². The number of hydrogen-bond acceptors (Lipinski definition) is 9.